The normalized spacial score (nSPS) is 10.6. The van der Waals surface area contributed by atoms with Gasteiger partial charge in [-0.1, -0.05) is 18.2 Å². The summed E-state index contributed by atoms with van der Waals surface area (Å²) >= 11 is 0. The van der Waals surface area contributed by atoms with Gasteiger partial charge in [0.2, 0.25) is 0 Å². The molecule has 106 valence electrons. The molecule has 3 nitrogen and oxygen atoms in total. The standard InChI is InChI=1S/C16H18FNO2/c17-16-6-3-13(9-14(16)10-18)11-20-15-4-1-12(2-5-15)7-8-19/h1-6,9,19H,7-8,10-11,18H2. The summed E-state index contributed by atoms with van der Waals surface area (Å²) < 4.78 is 18.9. The molecule has 0 radical (unpaired) electrons. The number of aliphatic hydroxyl groups is 1. The molecule has 4 heteroatoms. The van der Waals surface area contributed by atoms with Crippen molar-refractivity contribution in [1.82, 2.24) is 0 Å². The fourth-order valence-corrected chi connectivity index (χ4v) is 1.92. The molecule has 3 N–H and O–H groups in total. The highest BCUT2D eigenvalue weighted by molar-refractivity contribution is 5.29. The minimum Gasteiger partial charge on any atom is -0.489 e. The summed E-state index contributed by atoms with van der Waals surface area (Å²) in [5.41, 5.74) is 7.90. The lowest BCUT2D eigenvalue weighted by molar-refractivity contribution is 0.298. The summed E-state index contributed by atoms with van der Waals surface area (Å²) in [6, 6.07) is 12.4. The Labute approximate surface area is 117 Å². The van der Waals surface area contributed by atoms with Crippen molar-refractivity contribution >= 4 is 0 Å². The zero-order chi connectivity index (χ0) is 14.4. The van der Waals surface area contributed by atoms with E-state index in [4.69, 9.17) is 15.6 Å². The first-order valence-corrected chi connectivity index (χ1v) is 6.53. The van der Waals surface area contributed by atoms with Crippen LogP contribution in [0, 0.1) is 5.82 Å². The third kappa shape index (κ3) is 3.79. The predicted molar refractivity (Wildman–Crippen MR) is 75.9 cm³/mol. The lowest BCUT2D eigenvalue weighted by atomic mass is 10.1. The fourth-order valence-electron chi connectivity index (χ4n) is 1.92. The Morgan fingerprint density at radius 2 is 1.75 bits per heavy atom. The number of hydrogen-bond acceptors (Lipinski definition) is 3. The molecule has 0 aliphatic rings. The molecule has 0 bridgehead atoms. The van der Waals surface area contributed by atoms with Gasteiger partial charge in [-0.3, -0.25) is 0 Å². The lowest BCUT2D eigenvalue weighted by Crippen LogP contribution is -2.02. The minimum atomic E-state index is -0.287. The van der Waals surface area contributed by atoms with Crippen LogP contribution in [0.3, 0.4) is 0 Å². The highest BCUT2D eigenvalue weighted by Crippen LogP contribution is 2.16. The molecule has 0 amide bonds. The molecule has 0 spiro atoms. The molecule has 0 aliphatic heterocycles. The Morgan fingerprint density at radius 3 is 2.40 bits per heavy atom. The molecule has 0 heterocycles. The van der Waals surface area contributed by atoms with Gasteiger partial charge in [0, 0.05) is 18.7 Å². The first-order chi connectivity index (χ1) is 9.72. The van der Waals surface area contributed by atoms with Gasteiger partial charge in [0.15, 0.2) is 0 Å². The van der Waals surface area contributed by atoms with Crippen LogP contribution >= 0.6 is 0 Å². The Morgan fingerprint density at radius 1 is 1.05 bits per heavy atom. The number of aliphatic hydroxyl groups excluding tert-OH is 1. The first-order valence-electron chi connectivity index (χ1n) is 6.53. The average Bonchev–Trinajstić information content (AvgIpc) is 2.48. The van der Waals surface area contributed by atoms with E-state index in [0.29, 0.717) is 18.6 Å². The third-order valence-corrected chi connectivity index (χ3v) is 3.06. The Kier molecular flexibility index (Phi) is 5.09. The van der Waals surface area contributed by atoms with Crippen LogP contribution in [0.5, 0.6) is 5.75 Å². The van der Waals surface area contributed by atoms with Crippen LogP contribution in [-0.4, -0.2) is 11.7 Å². The maximum absolute atomic E-state index is 13.3. The van der Waals surface area contributed by atoms with Gasteiger partial charge < -0.3 is 15.6 Å². The molecule has 2 aromatic rings. The summed E-state index contributed by atoms with van der Waals surface area (Å²) in [7, 11) is 0. The van der Waals surface area contributed by atoms with Gasteiger partial charge in [0.1, 0.15) is 18.2 Å². The smallest absolute Gasteiger partial charge is 0.127 e. The van der Waals surface area contributed by atoms with Crippen molar-refractivity contribution in [3.63, 3.8) is 0 Å². The van der Waals surface area contributed by atoms with E-state index < -0.39 is 0 Å². The Hall–Kier alpha value is -1.91. The van der Waals surface area contributed by atoms with Gasteiger partial charge in [-0.25, -0.2) is 4.39 Å². The van der Waals surface area contributed by atoms with Crippen molar-refractivity contribution < 1.29 is 14.2 Å². The molecular formula is C16H18FNO2. The maximum atomic E-state index is 13.3. The number of rotatable bonds is 6. The van der Waals surface area contributed by atoms with E-state index in [2.05, 4.69) is 0 Å². The maximum Gasteiger partial charge on any atom is 0.127 e. The zero-order valence-corrected chi connectivity index (χ0v) is 11.2. The number of benzene rings is 2. The quantitative estimate of drug-likeness (QED) is 0.851. The third-order valence-electron chi connectivity index (χ3n) is 3.06. The molecule has 2 rings (SSSR count). The summed E-state index contributed by atoms with van der Waals surface area (Å²) in [6.07, 6.45) is 0.637. The highest BCUT2D eigenvalue weighted by Gasteiger charge is 2.03. The van der Waals surface area contributed by atoms with E-state index >= 15 is 0 Å². The largest absolute Gasteiger partial charge is 0.489 e. The summed E-state index contributed by atoms with van der Waals surface area (Å²) in [5.74, 6) is 0.454. The fraction of sp³-hybridized carbons (Fsp3) is 0.250. The van der Waals surface area contributed by atoms with Crippen molar-refractivity contribution in [2.45, 2.75) is 19.6 Å². The number of halogens is 1. The van der Waals surface area contributed by atoms with E-state index in [1.807, 2.05) is 24.3 Å². The molecule has 0 aromatic heterocycles. The van der Waals surface area contributed by atoms with E-state index in [1.165, 1.54) is 6.07 Å². The van der Waals surface area contributed by atoms with Crippen LogP contribution in [0.15, 0.2) is 42.5 Å². The van der Waals surface area contributed by atoms with Crippen molar-refractivity contribution in [3.8, 4) is 5.75 Å². The summed E-state index contributed by atoms with van der Waals surface area (Å²) in [5, 5.41) is 8.84. The predicted octanol–water partition coefficient (Wildman–Crippen LogP) is 2.40. The topological polar surface area (TPSA) is 55.5 Å². The Bertz CT molecular complexity index is 555. The monoisotopic (exact) mass is 275 g/mol. The molecule has 0 unspecified atom stereocenters. The van der Waals surface area contributed by atoms with Gasteiger partial charge >= 0.3 is 0 Å². The average molecular weight is 275 g/mol. The van der Waals surface area contributed by atoms with E-state index in [1.54, 1.807) is 12.1 Å². The van der Waals surface area contributed by atoms with Crippen LogP contribution in [0.2, 0.25) is 0 Å². The zero-order valence-electron chi connectivity index (χ0n) is 11.2. The van der Waals surface area contributed by atoms with Gasteiger partial charge in [0.05, 0.1) is 0 Å². The number of nitrogens with two attached hydrogens (primary N) is 1. The minimum absolute atomic E-state index is 0.137. The number of ether oxygens (including phenoxy) is 1. The second kappa shape index (κ2) is 7.03. The lowest BCUT2D eigenvalue weighted by Gasteiger charge is -2.08. The van der Waals surface area contributed by atoms with Crippen LogP contribution in [0.25, 0.3) is 0 Å². The molecule has 2 aromatic carbocycles. The first kappa shape index (κ1) is 14.5. The van der Waals surface area contributed by atoms with Gasteiger partial charge in [0.25, 0.3) is 0 Å². The molecule has 0 saturated carbocycles. The van der Waals surface area contributed by atoms with Crippen molar-refractivity contribution in [3.05, 3.63) is 65.0 Å². The Balaban J connectivity index is 1.97. The summed E-state index contributed by atoms with van der Waals surface area (Å²) in [4.78, 5) is 0. The molecule has 0 atom stereocenters. The van der Waals surface area contributed by atoms with Gasteiger partial charge in [-0.05, 0) is 41.8 Å². The van der Waals surface area contributed by atoms with Crippen LogP contribution in [-0.2, 0) is 19.6 Å². The van der Waals surface area contributed by atoms with Crippen molar-refractivity contribution in [1.29, 1.82) is 0 Å². The van der Waals surface area contributed by atoms with Gasteiger partial charge in [-0.15, -0.1) is 0 Å². The second-order valence-electron chi connectivity index (χ2n) is 4.54. The summed E-state index contributed by atoms with van der Waals surface area (Å²) in [6.45, 7) is 0.680. The molecule has 20 heavy (non-hydrogen) atoms. The highest BCUT2D eigenvalue weighted by atomic mass is 19.1. The number of hydrogen-bond donors (Lipinski definition) is 2. The second-order valence-corrected chi connectivity index (χ2v) is 4.54. The van der Waals surface area contributed by atoms with Crippen molar-refractivity contribution in [2.75, 3.05) is 6.61 Å². The van der Waals surface area contributed by atoms with Crippen LogP contribution in [0.4, 0.5) is 4.39 Å². The van der Waals surface area contributed by atoms with Crippen LogP contribution < -0.4 is 10.5 Å². The van der Waals surface area contributed by atoms with E-state index in [-0.39, 0.29) is 19.0 Å². The van der Waals surface area contributed by atoms with Crippen LogP contribution in [0.1, 0.15) is 16.7 Å². The molecule has 0 aliphatic carbocycles. The molecule has 0 fully saturated rings. The van der Waals surface area contributed by atoms with E-state index in [0.717, 1.165) is 16.9 Å². The molecule has 0 saturated heterocycles. The molecular weight excluding hydrogens is 257 g/mol. The SMILES string of the molecule is NCc1cc(COc2ccc(CCO)cc2)ccc1F. The van der Waals surface area contributed by atoms with E-state index in [9.17, 15) is 4.39 Å². The van der Waals surface area contributed by atoms with Gasteiger partial charge in [-0.2, -0.15) is 0 Å². The van der Waals surface area contributed by atoms with Crippen molar-refractivity contribution in [2.24, 2.45) is 5.73 Å².